The number of rotatable bonds is 6. The number of hydrogen-bond donors (Lipinski definition) is 0. The molecule has 142 valence electrons. The van der Waals surface area contributed by atoms with E-state index < -0.39 is 11.6 Å². The van der Waals surface area contributed by atoms with Gasteiger partial charge in [-0.2, -0.15) is 0 Å². The Kier molecular flexibility index (Phi) is 5.49. The number of halogens is 1. The van der Waals surface area contributed by atoms with Gasteiger partial charge in [0, 0.05) is 13.1 Å². The third kappa shape index (κ3) is 3.29. The third-order valence-corrected chi connectivity index (χ3v) is 5.71. The number of carbonyl (C=O) groups is 2. The number of ether oxygens (including phenoxy) is 1. The molecule has 1 unspecified atom stereocenters. The zero-order chi connectivity index (χ0) is 18.7. The van der Waals surface area contributed by atoms with E-state index in [0.717, 1.165) is 32.1 Å². The molecule has 1 aromatic rings. The maximum atomic E-state index is 13.1. The highest BCUT2D eigenvalue weighted by molar-refractivity contribution is 5.94. The first kappa shape index (κ1) is 18.7. The van der Waals surface area contributed by atoms with Crippen LogP contribution >= 0.6 is 0 Å². The standard InChI is InChI=1S/C20H27FN2O3/c1-3-22(4-2)17(24)14-23-19(25)18(20(23)12-6-5-7-13-20)26-16-10-8-15(21)9-11-16/h8-11,18H,3-7,12-14H2,1-2H3. The molecule has 1 saturated carbocycles. The van der Waals surface area contributed by atoms with Crippen LogP contribution in [-0.4, -0.2) is 52.9 Å². The van der Waals surface area contributed by atoms with Crippen LogP contribution in [0.3, 0.4) is 0 Å². The SMILES string of the molecule is CCN(CC)C(=O)CN1C(=O)C(Oc2ccc(F)cc2)C12CCCCC2. The van der Waals surface area contributed by atoms with Crippen molar-refractivity contribution >= 4 is 11.8 Å². The molecule has 0 N–H and O–H groups in total. The van der Waals surface area contributed by atoms with Crippen molar-refractivity contribution in [3.05, 3.63) is 30.1 Å². The third-order valence-electron chi connectivity index (χ3n) is 5.71. The molecule has 1 atom stereocenters. The van der Waals surface area contributed by atoms with Crippen molar-refractivity contribution in [2.75, 3.05) is 19.6 Å². The van der Waals surface area contributed by atoms with Crippen LogP contribution in [0.1, 0.15) is 46.0 Å². The summed E-state index contributed by atoms with van der Waals surface area (Å²) >= 11 is 0. The summed E-state index contributed by atoms with van der Waals surface area (Å²) in [5.41, 5.74) is -0.410. The molecular formula is C20H27FN2O3. The Bertz CT molecular complexity index is 652. The summed E-state index contributed by atoms with van der Waals surface area (Å²) in [6.07, 6.45) is 4.28. The van der Waals surface area contributed by atoms with Crippen molar-refractivity contribution < 1.29 is 18.7 Å². The van der Waals surface area contributed by atoms with Gasteiger partial charge in [0.05, 0.1) is 5.54 Å². The van der Waals surface area contributed by atoms with E-state index in [1.54, 1.807) is 21.9 Å². The number of hydrogen-bond acceptors (Lipinski definition) is 3. The van der Waals surface area contributed by atoms with Gasteiger partial charge in [0.25, 0.3) is 5.91 Å². The molecule has 2 amide bonds. The fraction of sp³-hybridized carbons (Fsp3) is 0.600. The number of likely N-dealkylation sites (tertiary alicyclic amines) is 1. The average Bonchev–Trinajstić information content (AvgIpc) is 2.67. The largest absolute Gasteiger partial charge is 0.478 e. The van der Waals surface area contributed by atoms with E-state index in [4.69, 9.17) is 4.74 Å². The van der Waals surface area contributed by atoms with Gasteiger partial charge in [-0.25, -0.2) is 4.39 Å². The van der Waals surface area contributed by atoms with Gasteiger partial charge in [0.1, 0.15) is 18.1 Å². The highest BCUT2D eigenvalue weighted by atomic mass is 19.1. The summed E-state index contributed by atoms with van der Waals surface area (Å²) in [5.74, 6) is -0.00853. The second-order valence-electron chi connectivity index (χ2n) is 7.11. The molecule has 3 rings (SSSR count). The van der Waals surface area contributed by atoms with Gasteiger partial charge < -0.3 is 14.5 Å². The van der Waals surface area contributed by atoms with E-state index in [1.807, 2.05) is 13.8 Å². The lowest BCUT2D eigenvalue weighted by atomic mass is 9.70. The summed E-state index contributed by atoms with van der Waals surface area (Å²) in [7, 11) is 0. The van der Waals surface area contributed by atoms with E-state index in [0.29, 0.717) is 18.8 Å². The summed E-state index contributed by atoms with van der Waals surface area (Å²) < 4.78 is 19.1. The van der Waals surface area contributed by atoms with Crippen molar-refractivity contribution in [3.8, 4) is 5.75 Å². The van der Waals surface area contributed by atoms with Gasteiger partial charge in [-0.3, -0.25) is 9.59 Å². The van der Waals surface area contributed by atoms with Crippen LogP contribution in [0.5, 0.6) is 5.75 Å². The first-order chi connectivity index (χ1) is 12.5. The lowest BCUT2D eigenvalue weighted by molar-refractivity contribution is -0.188. The van der Waals surface area contributed by atoms with Gasteiger partial charge in [-0.1, -0.05) is 19.3 Å². The van der Waals surface area contributed by atoms with E-state index >= 15 is 0 Å². The molecule has 6 heteroatoms. The summed E-state index contributed by atoms with van der Waals surface area (Å²) in [6, 6.07) is 5.74. The summed E-state index contributed by atoms with van der Waals surface area (Å²) in [5, 5.41) is 0. The first-order valence-electron chi connectivity index (χ1n) is 9.53. The topological polar surface area (TPSA) is 49.9 Å². The smallest absolute Gasteiger partial charge is 0.267 e. The predicted molar refractivity (Wildman–Crippen MR) is 96.3 cm³/mol. The van der Waals surface area contributed by atoms with Gasteiger partial charge in [-0.05, 0) is 51.0 Å². The van der Waals surface area contributed by atoms with Crippen LogP contribution in [0.25, 0.3) is 0 Å². The highest BCUT2D eigenvalue weighted by Crippen LogP contribution is 2.45. The molecule has 1 saturated heterocycles. The number of carbonyl (C=O) groups excluding carboxylic acids is 2. The maximum Gasteiger partial charge on any atom is 0.267 e. The van der Waals surface area contributed by atoms with Crippen molar-refractivity contribution in [2.24, 2.45) is 0 Å². The van der Waals surface area contributed by atoms with Crippen molar-refractivity contribution in [2.45, 2.75) is 57.6 Å². The Morgan fingerprint density at radius 2 is 1.81 bits per heavy atom. The van der Waals surface area contributed by atoms with Crippen LogP contribution in [0.2, 0.25) is 0 Å². The second-order valence-corrected chi connectivity index (χ2v) is 7.11. The van der Waals surface area contributed by atoms with Crippen molar-refractivity contribution in [1.29, 1.82) is 0 Å². The first-order valence-corrected chi connectivity index (χ1v) is 9.53. The van der Waals surface area contributed by atoms with E-state index in [-0.39, 0.29) is 24.2 Å². The van der Waals surface area contributed by atoms with E-state index in [1.165, 1.54) is 12.1 Å². The zero-order valence-corrected chi connectivity index (χ0v) is 15.5. The quantitative estimate of drug-likeness (QED) is 0.731. The molecule has 1 aromatic carbocycles. The molecule has 1 aliphatic carbocycles. The van der Waals surface area contributed by atoms with Crippen LogP contribution in [0.15, 0.2) is 24.3 Å². The number of benzene rings is 1. The minimum Gasteiger partial charge on any atom is -0.478 e. The van der Waals surface area contributed by atoms with Crippen LogP contribution < -0.4 is 4.74 Å². The average molecular weight is 362 g/mol. The lowest BCUT2D eigenvalue weighted by Crippen LogP contribution is -2.77. The minimum absolute atomic E-state index is 0.0199. The summed E-state index contributed by atoms with van der Waals surface area (Å²) in [6.45, 7) is 5.27. The van der Waals surface area contributed by atoms with Gasteiger partial charge in [-0.15, -0.1) is 0 Å². The highest BCUT2D eigenvalue weighted by Gasteiger charge is 2.62. The zero-order valence-electron chi connectivity index (χ0n) is 15.5. The van der Waals surface area contributed by atoms with Gasteiger partial charge >= 0.3 is 0 Å². The fourth-order valence-electron chi connectivity index (χ4n) is 4.22. The number of β-lactam (4-membered cyclic amide) rings is 1. The molecule has 0 bridgehead atoms. The fourth-order valence-corrected chi connectivity index (χ4v) is 4.22. The maximum absolute atomic E-state index is 13.1. The molecule has 2 aliphatic rings. The lowest BCUT2D eigenvalue weighted by Gasteiger charge is -2.58. The molecule has 0 radical (unpaired) electrons. The van der Waals surface area contributed by atoms with Crippen molar-refractivity contribution in [3.63, 3.8) is 0 Å². The Labute approximate surface area is 154 Å². The van der Waals surface area contributed by atoms with Crippen LogP contribution in [0.4, 0.5) is 4.39 Å². The van der Waals surface area contributed by atoms with Crippen LogP contribution in [0, 0.1) is 5.82 Å². The van der Waals surface area contributed by atoms with Crippen molar-refractivity contribution in [1.82, 2.24) is 9.80 Å². The molecular weight excluding hydrogens is 335 g/mol. The Hall–Kier alpha value is -2.11. The molecule has 0 aromatic heterocycles. The van der Waals surface area contributed by atoms with Gasteiger partial charge in [0.2, 0.25) is 5.91 Å². The molecule has 1 heterocycles. The Morgan fingerprint density at radius 1 is 1.19 bits per heavy atom. The van der Waals surface area contributed by atoms with E-state index in [9.17, 15) is 14.0 Å². The molecule has 26 heavy (non-hydrogen) atoms. The predicted octanol–water partition coefficient (Wildman–Crippen LogP) is 2.99. The monoisotopic (exact) mass is 362 g/mol. The molecule has 2 fully saturated rings. The number of likely N-dealkylation sites (N-methyl/N-ethyl adjacent to an activating group) is 1. The number of amides is 2. The van der Waals surface area contributed by atoms with E-state index in [2.05, 4.69) is 0 Å². The molecule has 5 nitrogen and oxygen atoms in total. The normalized spacial score (nSPS) is 21.4. The second kappa shape index (κ2) is 7.64. The summed E-state index contributed by atoms with van der Waals surface area (Å²) in [4.78, 5) is 28.8. The Morgan fingerprint density at radius 3 is 2.38 bits per heavy atom. The molecule has 1 spiro atoms. The molecule has 1 aliphatic heterocycles. The Balaban J connectivity index is 1.77. The van der Waals surface area contributed by atoms with Gasteiger partial charge in [0.15, 0.2) is 6.10 Å². The minimum atomic E-state index is -0.585. The van der Waals surface area contributed by atoms with Crippen LogP contribution in [-0.2, 0) is 9.59 Å². The number of nitrogens with zero attached hydrogens (tertiary/aromatic N) is 2.